The van der Waals surface area contributed by atoms with Gasteiger partial charge in [0.15, 0.2) is 0 Å². The van der Waals surface area contributed by atoms with Crippen LogP contribution < -0.4 is 0 Å². The van der Waals surface area contributed by atoms with Gasteiger partial charge >= 0.3 is 0 Å². The summed E-state index contributed by atoms with van der Waals surface area (Å²) < 4.78 is 5.81. The Hall–Kier alpha value is -0.0800. The molecule has 2 bridgehead atoms. The highest BCUT2D eigenvalue weighted by molar-refractivity contribution is 5.17. The van der Waals surface area contributed by atoms with E-state index < -0.39 is 0 Å². The molecule has 2 aliphatic carbocycles. The van der Waals surface area contributed by atoms with Crippen molar-refractivity contribution in [2.75, 3.05) is 6.61 Å². The van der Waals surface area contributed by atoms with Crippen molar-refractivity contribution in [1.29, 1.82) is 0 Å². The predicted octanol–water partition coefficient (Wildman–Crippen LogP) is 1.82. The molecule has 2 heteroatoms. The molecule has 1 heterocycles. The molecule has 0 radical (unpaired) electrons. The fourth-order valence-corrected chi connectivity index (χ4v) is 4.46. The van der Waals surface area contributed by atoms with Crippen LogP contribution in [-0.4, -0.2) is 23.9 Å². The molecule has 0 aromatic rings. The number of hydrogen-bond donors (Lipinski definition) is 1. The van der Waals surface area contributed by atoms with Crippen LogP contribution in [0.2, 0.25) is 0 Å². The van der Waals surface area contributed by atoms with Gasteiger partial charge in [-0.1, -0.05) is 20.8 Å². The van der Waals surface area contributed by atoms with E-state index in [0.29, 0.717) is 35.4 Å². The normalized spacial score (nSPS) is 59.1. The molecule has 80 valence electrons. The van der Waals surface area contributed by atoms with Gasteiger partial charge in [0.05, 0.1) is 18.8 Å². The van der Waals surface area contributed by atoms with E-state index in [0.717, 1.165) is 0 Å². The van der Waals surface area contributed by atoms with Gasteiger partial charge in [0.1, 0.15) is 0 Å². The van der Waals surface area contributed by atoms with Gasteiger partial charge in [-0.2, -0.15) is 0 Å². The molecule has 2 nitrogen and oxygen atoms in total. The predicted molar refractivity (Wildman–Crippen MR) is 53.8 cm³/mol. The minimum atomic E-state index is -0.202. The standard InChI is InChI=1S/C12H20O2/c1-11(2)7-4-5-12(11,3)10-9(7)8(13)6-14-10/h7-10,13H,4-6H2,1-3H3. The maximum absolute atomic E-state index is 9.94. The number of aliphatic hydroxyl groups excluding tert-OH is 1. The van der Waals surface area contributed by atoms with E-state index >= 15 is 0 Å². The second-order valence-electron chi connectivity index (χ2n) is 6.18. The van der Waals surface area contributed by atoms with Crippen molar-refractivity contribution >= 4 is 0 Å². The molecule has 0 amide bonds. The van der Waals surface area contributed by atoms with Crippen molar-refractivity contribution in [3.63, 3.8) is 0 Å². The molecule has 0 spiro atoms. The molecule has 5 unspecified atom stereocenters. The Labute approximate surface area is 85.6 Å². The third kappa shape index (κ3) is 0.737. The van der Waals surface area contributed by atoms with Crippen LogP contribution in [0.15, 0.2) is 0 Å². The summed E-state index contributed by atoms with van der Waals surface area (Å²) in [6.45, 7) is 7.64. The van der Waals surface area contributed by atoms with Crippen molar-refractivity contribution in [2.24, 2.45) is 22.7 Å². The number of hydrogen-bond acceptors (Lipinski definition) is 2. The Kier molecular flexibility index (Phi) is 1.54. The monoisotopic (exact) mass is 196 g/mol. The average molecular weight is 196 g/mol. The van der Waals surface area contributed by atoms with E-state index in [9.17, 15) is 5.11 Å². The quantitative estimate of drug-likeness (QED) is 0.640. The van der Waals surface area contributed by atoms with Crippen molar-refractivity contribution in [3.05, 3.63) is 0 Å². The lowest BCUT2D eigenvalue weighted by atomic mass is 9.70. The van der Waals surface area contributed by atoms with Crippen LogP contribution in [-0.2, 0) is 4.74 Å². The Morgan fingerprint density at radius 3 is 2.64 bits per heavy atom. The molecule has 2 saturated carbocycles. The minimum Gasteiger partial charge on any atom is -0.390 e. The summed E-state index contributed by atoms with van der Waals surface area (Å²) in [6.07, 6.45) is 2.68. The highest BCUT2D eigenvalue weighted by Crippen LogP contribution is 2.70. The second-order valence-corrected chi connectivity index (χ2v) is 6.18. The Morgan fingerprint density at radius 1 is 1.29 bits per heavy atom. The SMILES string of the molecule is CC1(C)C2CCC1(C)C1OCC(O)C21. The number of ether oxygens (including phenoxy) is 1. The maximum Gasteiger partial charge on any atom is 0.0829 e. The zero-order chi connectivity index (χ0) is 10.1. The van der Waals surface area contributed by atoms with Gasteiger partial charge < -0.3 is 9.84 Å². The van der Waals surface area contributed by atoms with Gasteiger partial charge in [0, 0.05) is 5.92 Å². The first kappa shape index (κ1) is 9.17. The first-order valence-corrected chi connectivity index (χ1v) is 5.78. The Morgan fingerprint density at radius 2 is 2.00 bits per heavy atom. The van der Waals surface area contributed by atoms with E-state index in [2.05, 4.69) is 20.8 Å². The van der Waals surface area contributed by atoms with Crippen LogP contribution in [0.4, 0.5) is 0 Å². The lowest BCUT2D eigenvalue weighted by Gasteiger charge is -2.38. The highest BCUT2D eigenvalue weighted by atomic mass is 16.5. The first-order chi connectivity index (χ1) is 6.48. The fraction of sp³-hybridized carbons (Fsp3) is 1.00. The molecule has 5 atom stereocenters. The van der Waals surface area contributed by atoms with Gasteiger partial charge in [-0.15, -0.1) is 0 Å². The molecule has 1 N–H and O–H groups in total. The highest BCUT2D eigenvalue weighted by Gasteiger charge is 2.69. The average Bonchev–Trinajstić information content (AvgIpc) is 2.63. The summed E-state index contributed by atoms with van der Waals surface area (Å²) in [5.74, 6) is 1.10. The fourth-order valence-electron chi connectivity index (χ4n) is 4.46. The molecule has 1 aliphatic heterocycles. The molecular weight excluding hydrogens is 176 g/mol. The van der Waals surface area contributed by atoms with E-state index in [1.807, 2.05) is 0 Å². The number of aliphatic hydroxyl groups is 1. The third-order valence-corrected chi connectivity index (χ3v) is 5.71. The van der Waals surface area contributed by atoms with E-state index in [1.165, 1.54) is 12.8 Å². The molecule has 1 saturated heterocycles. The molecule has 0 aromatic carbocycles. The van der Waals surface area contributed by atoms with Crippen LogP contribution in [0.25, 0.3) is 0 Å². The van der Waals surface area contributed by atoms with Crippen molar-refractivity contribution in [3.8, 4) is 0 Å². The molecule has 3 fully saturated rings. The molecule has 3 aliphatic rings. The molecular formula is C12H20O2. The van der Waals surface area contributed by atoms with E-state index in [1.54, 1.807) is 0 Å². The zero-order valence-corrected chi connectivity index (χ0v) is 9.29. The Bertz CT molecular complexity index is 269. The number of fused-ring (bicyclic) bond motifs is 5. The lowest BCUT2D eigenvalue weighted by molar-refractivity contribution is -0.0248. The summed E-state index contributed by atoms with van der Waals surface area (Å²) in [5.41, 5.74) is 0.656. The van der Waals surface area contributed by atoms with Gasteiger partial charge in [0.2, 0.25) is 0 Å². The largest absolute Gasteiger partial charge is 0.390 e. The lowest BCUT2D eigenvalue weighted by Crippen LogP contribution is -2.37. The molecule has 14 heavy (non-hydrogen) atoms. The summed E-state index contributed by atoms with van der Waals surface area (Å²) >= 11 is 0. The number of rotatable bonds is 0. The van der Waals surface area contributed by atoms with Gasteiger partial charge in [-0.05, 0) is 29.6 Å². The minimum absolute atomic E-state index is 0.202. The van der Waals surface area contributed by atoms with Crippen molar-refractivity contribution in [1.82, 2.24) is 0 Å². The smallest absolute Gasteiger partial charge is 0.0829 e. The van der Waals surface area contributed by atoms with Crippen LogP contribution >= 0.6 is 0 Å². The van der Waals surface area contributed by atoms with Crippen LogP contribution in [0.5, 0.6) is 0 Å². The van der Waals surface area contributed by atoms with Gasteiger partial charge in [-0.25, -0.2) is 0 Å². The third-order valence-electron chi connectivity index (χ3n) is 5.71. The Balaban J connectivity index is 2.06. The van der Waals surface area contributed by atoms with Gasteiger partial charge in [-0.3, -0.25) is 0 Å². The van der Waals surface area contributed by atoms with Crippen LogP contribution in [0.1, 0.15) is 33.6 Å². The first-order valence-electron chi connectivity index (χ1n) is 5.78. The molecule has 0 aromatic heterocycles. The summed E-state index contributed by atoms with van der Waals surface area (Å²) in [4.78, 5) is 0. The van der Waals surface area contributed by atoms with Gasteiger partial charge in [0.25, 0.3) is 0 Å². The second kappa shape index (κ2) is 2.35. The van der Waals surface area contributed by atoms with Crippen molar-refractivity contribution < 1.29 is 9.84 Å². The van der Waals surface area contributed by atoms with E-state index in [-0.39, 0.29) is 6.10 Å². The summed E-state index contributed by atoms with van der Waals surface area (Å²) in [5, 5.41) is 9.94. The van der Waals surface area contributed by atoms with Crippen LogP contribution in [0.3, 0.4) is 0 Å². The topological polar surface area (TPSA) is 29.5 Å². The van der Waals surface area contributed by atoms with E-state index in [4.69, 9.17) is 4.74 Å². The summed E-state index contributed by atoms with van der Waals surface area (Å²) in [7, 11) is 0. The zero-order valence-electron chi connectivity index (χ0n) is 9.29. The molecule has 3 rings (SSSR count). The van der Waals surface area contributed by atoms with Crippen molar-refractivity contribution in [2.45, 2.75) is 45.8 Å². The summed E-state index contributed by atoms with van der Waals surface area (Å²) in [6, 6.07) is 0. The van der Waals surface area contributed by atoms with Crippen LogP contribution in [0, 0.1) is 22.7 Å². The maximum atomic E-state index is 9.94.